The first-order chi connectivity index (χ1) is 14.6. The summed E-state index contributed by atoms with van der Waals surface area (Å²) in [6.07, 6.45) is 7.95. The summed E-state index contributed by atoms with van der Waals surface area (Å²) >= 11 is 0. The number of imidazole rings is 1. The molecular weight excluding hydrogens is 380 g/mol. The molecule has 0 atom stereocenters. The zero-order chi connectivity index (χ0) is 21.3. The van der Waals surface area contributed by atoms with Crippen molar-refractivity contribution < 1.29 is 14.3 Å². The van der Waals surface area contributed by atoms with Crippen molar-refractivity contribution in [1.29, 1.82) is 0 Å². The van der Waals surface area contributed by atoms with Gasteiger partial charge in [-0.2, -0.15) is 0 Å². The Morgan fingerprint density at radius 3 is 2.67 bits per heavy atom. The second kappa shape index (κ2) is 11.0. The fraction of sp³-hybridized carbons (Fsp3) is 0.565. The van der Waals surface area contributed by atoms with Crippen LogP contribution in [0, 0.1) is 5.92 Å². The van der Waals surface area contributed by atoms with E-state index in [1.807, 2.05) is 24.4 Å². The molecule has 0 unspecified atom stereocenters. The number of benzene rings is 1. The molecule has 7 nitrogen and oxygen atoms in total. The van der Waals surface area contributed by atoms with E-state index in [1.54, 1.807) is 14.2 Å². The van der Waals surface area contributed by atoms with Crippen LogP contribution in [0.2, 0.25) is 0 Å². The molecule has 1 aliphatic heterocycles. The molecule has 0 radical (unpaired) electrons. The number of ether oxygens (including phenoxy) is 2. The van der Waals surface area contributed by atoms with Gasteiger partial charge in [0.25, 0.3) is 0 Å². The van der Waals surface area contributed by atoms with Gasteiger partial charge in [0, 0.05) is 31.9 Å². The first-order valence-corrected chi connectivity index (χ1v) is 10.8. The van der Waals surface area contributed by atoms with Crippen LogP contribution in [-0.4, -0.2) is 60.8 Å². The molecule has 164 valence electrons. The molecule has 30 heavy (non-hydrogen) atoms. The van der Waals surface area contributed by atoms with Gasteiger partial charge in [0.05, 0.1) is 20.8 Å². The van der Waals surface area contributed by atoms with E-state index >= 15 is 0 Å². The van der Waals surface area contributed by atoms with Crippen molar-refractivity contribution in [3.05, 3.63) is 42.0 Å². The Hall–Kier alpha value is -2.54. The van der Waals surface area contributed by atoms with E-state index in [0.717, 1.165) is 56.7 Å². The van der Waals surface area contributed by atoms with Crippen molar-refractivity contribution in [1.82, 2.24) is 19.8 Å². The lowest BCUT2D eigenvalue weighted by molar-refractivity contribution is -0.122. The highest BCUT2D eigenvalue weighted by molar-refractivity contribution is 5.78. The molecule has 0 saturated carbocycles. The second-order valence-electron chi connectivity index (χ2n) is 7.86. The van der Waals surface area contributed by atoms with Gasteiger partial charge in [-0.25, -0.2) is 4.98 Å². The molecule has 1 fully saturated rings. The number of methoxy groups -OCH3 is 2. The van der Waals surface area contributed by atoms with Crippen molar-refractivity contribution in [2.45, 2.75) is 39.2 Å². The minimum atomic E-state index is 0.0943. The minimum absolute atomic E-state index is 0.0943. The summed E-state index contributed by atoms with van der Waals surface area (Å²) in [6.45, 7) is 6.22. The molecule has 1 N–H and O–H groups in total. The van der Waals surface area contributed by atoms with Gasteiger partial charge < -0.3 is 19.4 Å². The molecule has 1 aromatic carbocycles. The number of aromatic nitrogens is 2. The quantitative estimate of drug-likeness (QED) is 0.647. The highest BCUT2D eigenvalue weighted by atomic mass is 16.5. The normalized spacial score (nSPS) is 15.2. The molecule has 0 aliphatic carbocycles. The third-order valence-corrected chi connectivity index (χ3v) is 5.83. The van der Waals surface area contributed by atoms with Gasteiger partial charge in [0.15, 0.2) is 11.5 Å². The predicted molar refractivity (Wildman–Crippen MR) is 117 cm³/mol. The van der Waals surface area contributed by atoms with Gasteiger partial charge in [-0.3, -0.25) is 9.69 Å². The lowest BCUT2D eigenvalue weighted by atomic mass is 9.96. The zero-order valence-electron chi connectivity index (χ0n) is 18.4. The summed E-state index contributed by atoms with van der Waals surface area (Å²) in [5.41, 5.74) is 1.11. The number of rotatable bonds is 10. The topological polar surface area (TPSA) is 68.6 Å². The van der Waals surface area contributed by atoms with Crippen molar-refractivity contribution in [3.8, 4) is 11.5 Å². The Kier molecular flexibility index (Phi) is 8.13. The average molecular weight is 415 g/mol. The predicted octanol–water partition coefficient (Wildman–Crippen LogP) is 2.53. The van der Waals surface area contributed by atoms with Crippen LogP contribution >= 0.6 is 0 Å². The Morgan fingerprint density at radius 2 is 1.97 bits per heavy atom. The van der Waals surface area contributed by atoms with Crippen molar-refractivity contribution in [2.24, 2.45) is 5.92 Å². The third kappa shape index (κ3) is 5.98. The number of amides is 1. The second-order valence-corrected chi connectivity index (χ2v) is 7.86. The lowest BCUT2D eigenvalue weighted by Crippen LogP contribution is -2.42. The summed E-state index contributed by atoms with van der Waals surface area (Å²) < 4.78 is 12.9. The van der Waals surface area contributed by atoms with E-state index in [-0.39, 0.29) is 5.91 Å². The van der Waals surface area contributed by atoms with Crippen LogP contribution in [0.1, 0.15) is 31.2 Å². The number of aryl methyl sites for hydroxylation is 1. The fourth-order valence-electron chi connectivity index (χ4n) is 4.07. The maximum atomic E-state index is 12.3. The van der Waals surface area contributed by atoms with E-state index in [1.165, 1.54) is 0 Å². The number of hydrogen-bond donors (Lipinski definition) is 1. The molecule has 0 spiro atoms. The van der Waals surface area contributed by atoms with E-state index in [4.69, 9.17) is 9.47 Å². The van der Waals surface area contributed by atoms with Crippen LogP contribution in [0.3, 0.4) is 0 Å². The molecule has 0 bridgehead atoms. The number of likely N-dealkylation sites (tertiary alicyclic amines) is 1. The van der Waals surface area contributed by atoms with E-state index in [2.05, 4.69) is 32.9 Å². The zero-order valence-corrected chi connectivity index (χ0v) is 18.4. The van der Waals surface area contributed by atoms with Gasteiger partial charge in [-0.05, 0) is 56.0 Å². The van der Waals surface area contributed by atoms with Gasteiger partial charge in [-0.15, -0.1) is 0 Å². The third-order valence-electron chi connectivity index (χ3n) is 5.83. The fourth-order valence-corrected chi connectivity index (χ4v) is 4.07. The summed E-state index contributed by atoms with van der Waals surface area (Å²) in [4.78, 5) is 19.0. The summed E-state index contributed by atoms with van der Waals surface area (Å²) in [5, 5.41) is 3.04. The summed E-state index contributed by atoms with van der Waals surface area (Å²) in [5.74, 6) is 3.34. The first-order valence-electron chi connectivity index (χ1n) is 10.8. The summed E-state index contributed by atoms with van der Waals surface area (Å²) in [6, 6.07) is 5.86. The molecule has 2 aromatic rings. The maximum absolute atomic E-state index is 12.3. The van der Waals surface area contributed by atoms with E-state index < -0.39 is 0 Å². The lowest BCUT2D eigenvalue weighted by Gasteiger charge is -2.31. The van der Waals surface area contributed by atoms with Crippen molar-refractivity contribution in [3.63, 3.8) is 0 Å². The Bertz CT molecular complexity index is 813. The molecule has 1 aromatic heterocycles. The molecule has 3 rings (SSSR count). The number of carbonyl (C=O) groups is 1. The monoisotopic (exact) mass is 414 g/mol. The van der Waals surface area contributed by atoms with Crippen LogP contribution in [0.25, 0.3) is 0 Å². The molecule has 1 aliphatic rings. The van der Waals surface area contributed by atoms with Crippen LogP contribution in [0.15, 0.2) is 30.6 Å². The standard InChI is InChI=1S/C23H34N4O3/c1-4-22-24-11-14-27(22)16-19-8-12-26(13-9-19)17-23(28)25-10-7-18-5-6-20(29-2)21(15-18)30-3/h5-6,11,14-15,19H,4,7-10,12-13,16-17H2,1-3H3,(H,25,28). The van der Waals surface area contributed by atoms with Crippen LogP contribution in [0.5, 0.6) is 11.5 Å². The van der Waals surface area contributed by atoms with Crippen LogP contribution in [0.4, 0.5) is 0 Å². The maximum Gasteiger partial charge on any atom is 0.234 e. The number of piperidine rings is 1. The number of hydrogen-bond acceptors (Lipinski definition) is 5. The first kappa shape index (κ1) is 22.2. The highest BCUT2D eigenvalue weighted by Gasteiger charge is 2.21. The summed E-state index contributed by atoms with van der Waals surface area (Å²) in [7, 11) is 3.26. The Morgan fingerprint density at radius 1 is 1.20 bits per heavy atom. The Labute approximate surface area is 179 Å². The van der Waals surface area contributed by atoms with Gasteiger partial charge in [0.2, 0.25) is 5.91 Å². The van der Waals surface area contributed by atoms with E-state index in [0.29, 0.717) is 30.5 Å². The number of nitrogens with one attached hydrogen (secondary N) is 1. The molecule has 1 saturated heterocycles. The number of carbonyl (C=O) groups excluding carboxylic acids is 1. The smallest absolute Gasteiger partial charge is 0.234 e. The number of nitrogens with zero attached hydrogens (tertiary/aromatic N) is 3. The average Bonchev–Trinajstić information content (AvgIpc) is 3.22. The molecule has 1 amide bonds. The Balaban J connectivity index is 1.36. The van der Waals surface area contributed by atoms with Gasteiger partial charge in [0.1, 0.15) is 5.82 Å². The van der Waals surface area contributed by atoms with E-state index in [9.17, 15) is 4.79 Å². The largest absolute Gasteiger partial charge is 0.493 e. The molecule has 2 heterocycles. The van der Waals surface area contributed by atoms with Crippen LogP contribution in [-0.2, 0) is 24.2 Å². The van der Waals surface area contributed by atoms with Crippen LogP contribution < -0.4 is 14.8 Å². The van der Waals surface area contributed by atoms with Gasteiger partial charge >= 0.3 is 0 Å². The van der Waals surface area contributed by atoms with Crippen molar-refractivity contribution >= 4 is 5.91 Å². The molecular formula is C23H34N4O3. The SMILES string of the molecule is CCc1nccn1CC1CCN(CC(=O)NCCc2ccc(OC)c(OC)c2)CC1. The highest BCUT2D eigenvalue weighted by Crippen LogP contribution is 2.27. The minimum Gasteiger partial charge on any atom is -0.493 e. The van der Waals surface area contributed by atoms with Gasteiger partial charge in [-0.1, -0.05) is 13.0 Å². The van der Waals surface area contributed by atoms with Crippen molar-refractivity contribution in [2.75, 3.05) is 40.4 Å². The molecule has 7 heteroatoms.